The normalized spacial score (nSPS) is 16.3. The van der Waals surface area contributed by atoms with Gasteiger partial charge in [-0.1, -0.05) is 18.2 Å². The van der Waals surface area contributed by atoms with E-state index < -0.39 is 5.69 Å². The van der Waals surface area contributed by atoms with Gasteiger partial charge >= 0.3 is 5.69 Å². The highest BCUT2D eigenvalue weighted by Gasteiger charge is 2.29. The first-order valence-corrected chi connectivity index (χ1v) is 9.48. The standard InChI is InChI=1S/C21H22N4O4/c1-23-19-16(20(27)24(2)21(23)28)8-9-17(22-19)14-10-11-25(12-14)18(26)13-29-15-6-4-3-5-7-15/h3-9,14H,10-13H2,1-2H3/t14-/m0/s1. The quantitative estimate of drug-likeness (QED) is 0.660. The van der Waals surface area contributed by atoms with Gasteiger partial charge in [0.15, 0.2) is 6.61 Å². The van der Waals surface area contributed by atoms with Crippen molar-refractivity contribution in [2.45, 2.75) is 12.3 Å². The fourth-order valence-electron chi connectivity index (χ4n) is 3.68. The molecule has 4 rings (SSSR count). The van der Waals surface area contributed by atoms with Crippen molar-refractivity contribution in [1.82, 2.24) is 19.0 Å². The third-order valence-electron chi connectivity index (χ3n) is 5.39. The van der Waals surface area contributed by atoms with E-state index in [1.165, 1.54) is 11.6 Å². The molecule has 0 bridgehead atoms. The average molecular weight is 394 g/mol. The number of hydrogen-bond acceptors (Lipinski definition) is 5. The van der Waals surface area contributed by atoms with Crippen molar-refractivity contribution in [2.75, 3.05) is 19.7 Å². The Hall–Kier alpha value is -3.42. The first kappa shape index (κ1) is 18.9. The van der Waals surface area contributed by atoms with Crippen LogP contribution < -0.4 is 16.0 Å². The third kappa shape index (κ3) is 3.53. The molecule has 1 saturated heterocycles. The van der Waals surface area contributed by atoms with E-state index in [0.717, 1.165) is 16.7 Å². The Balaban J connectivity index is 1.50. The zero-order chi connectivity index (χ0) is 20.5. The highest BCUT2D eigenvalue weighted by atomic mass is 16.5. The summed E-state index contributed by atoms with van der Waals surface area (Å²) in [6.07, 6.45) is 0.772. The monoisotopic (exact) mass is 394 g/mol. The second kappa shape index (κ2) is 7.54. The molecule has 2 aromatic heterocycles. The van der Waals surface area contributed by atoms with Gasteiger partial charge in [-0.3, -0.25) is 18.7 Å². The molecule has 1 atom stereocenters. The zero-order valence-electron chi connectivity index (χ0n) is 16.4. The van der Waals surface area contributed by atoms with E-state index in [2.05, 4.69) is 4.98 Å². The Morgan fingerprint density at radius 1 is 1.10 bits per heavy atom. The van der Waals surface area contributed by atoms with Gasteiger partial charge in [0.25, 0.3) is 11.5 Å². The van der Waals surface area contributed by atoms with Crippen molar-refractivity contribution in [3.63, 3.8) is 0 Å². The highest BCUT2D eigenvalue weighted by molar-refractivity contribution is 5.78. The molecule has 1 aliphatic rings. The van der Waals surface area contributed by atoms with Crippen molar-refractivity contribution < 1.29 is 9.53 Å². The largest absolute Gasteiger partial charge is 0.484 e. The van der Waals surface area contributed by atoms with E-state index >= 15 is 0 Å². The van der Waals surface area contributed by atoms with Gasteiger partial charge in [-0.2, -0.15) is 0 Å². The number of benzene rings is 1. The summed E-state index contributed by atoms with van der Waals surface area (Å²) >= 11 is 0. The van der Waals surface area contributed by atoms with Crippen molar-refractivity contribution >= 4 is 16.9 Å². The van der Waals surface area contributed by atoms with Crippen LogP contribution in [0.4, 0.5) is 0 Å². The molecule has 8 nitrogen and oxygen atoms in total. The Morgan fingerprint density at radius 2 is 1.86 bits per heavy atom. The van der Waals surface area contributed by atoms with Crippen LogP contribution in [-0.2, 0) is 18.9 Å². The van der Waals surface area contributed by atoms with Gasteiger partial charge in [0.1, 0.15) is 11.4 Å². The third-order valence-corrected chi connectivity index (χ3v) is 5.39. The fourth-order valence-corrected chi connectivity index (χ4v) is 3.68. The predicted molar refractivity (Wildman–Crippen MR) is 108 cm³/mol. The Morgan fingerprint density at radius 3 is 2.62 bits per heavy atom. The topological polar surface area (TPSA) is 86.4 Å². The van der Waals surface area contributed by atoms with Crippen LogP contribution in [0, 0.1) is 0 Å². The molecule has 29 heavy (non-hydrogen) atoms. The molecule has 3 aromatic rings. The molecule has 1 amide bonds. The lowest BCUT2D eigenvalue weighted by molar-refractivity contribution is -0.132. The number of hydrogen-bond donors (Lipinski definition) is 0. The number of amides is 1. The number of rotatable bonds is 4. The minimum Gasteiger partial charge on any atom is -0.484 e. The molecule has 0 aliphatic carbocycles. The predicted octanol–water partition coefficient (Wildman–Crippen LogP) is 1.03. The van der Waals surface area contributed by atoms with Gasteiger partial charge in [-0.05, 0) is 30.7 Å². The van der Waals surface area contributed by atoms with Gasteiger partial charge in [0.2, 0.25) is 0 Å². The van der Waals surface area contributed by atoms with Crippen molar-refractivity contribution in [2.24, 2.45) is 14.1 Å². The second-order valence-corrected chi connectivity index (χ2v) is 7.24. The van der Waals surface area contributed by atoms with Gasteiger partial charge in [0, 0.05) is 38.8 Å². The summed E-state index contributed by atoms with van der Waals surface area (Å²) < 4.78 is 8.01. The molecule has 1 fully saturated rings. The van der Waals surface area contributed by atoms with Gasteiger partial charge < -0.3 is 9.64 Å². The van der Waals surface area contributed by atoms with E-state index in [9.17, 15) is 14.4 Å². The number of fused-ring (bicyclic) bond motifs is 1. The lowest BCUT2D eigenvalue weighted by Crippen LogP contribution is -2.37. The van der Waals surface area contributed by atoms with Crippen molar-refractivity contribution in [1.29, 1.82) is 0 Å². The number of aromatic nitrogens is 3. The maximum Gasteiger partial charge on any atom is 0.332 e. The molecule has 3 heterocycles. The second-order valence-electron chi connectivity index (χ2n) is 7.24. The molecule has 0 unspecified atom stereocenters. The lowest BCUT2D eigenvalue weighted by atomic mass is 10.0. The highest BCUT2D eigenvalue weighted by Crippen LogP contribution is 2.26. The smallest absolute Gasteiger partial charge is 0.332 e. The molecule has 0 saturated carbocycles. The molecular formula is C21H22N4O4. The Labute approximate surface area is 167 Å². The van der Waals surface area contributed by atoms with Crippen LogP contribution in [0.3, 0.4) is 0 Å². The van der Waals surface area contributed by atoms with E-state index in [1.54, 1.807) is 18.0 Å². The first-order valence-electron chi connectivity index (χ1n) is 9.48. The summed E-state index contributed by atoms with van der Waals surface area (Å²) in [6, 6.07) is 12.8. The SMILES string of the molecule is Cn1c(=O)c2ccc([C@H]3CCN(C(=O)COc4ccccc4)C3)nc2n(C)c1=O. The number of likely N-dealkylation sites (tertiary alicyclic amines) is 1. The number of aryl methyl sites for hydroxylation is 1. The summed E-state index contributed by atoms with van der Waals surface area (Å²) in [4.78, 5) is 43.3. The van der Waals surface area contributed by atoms with Crippen LogP contribution in [-0.4, -0.2) is 44.6 Å². The summed E-state index contributed by atoms with van der Waals surface area (Å²) in [7, 11) is 3.06. The molecule has 150 valence electrons. The molecule has 1 aromatic carbocycles. The molecule has 8 heteroatoms. The minimum atomic E-state index is -0.409. The van der Waals surface area contributed by atoms with E-state index in [4.69, 9.17) is 4.74 Å². The number of carbonyl (C=O) groups excluding carboxylic acids is 1. The molecular weight excluding hydrogens is 372 g/mol. The molecule has 0 N–H and O–H groups in total. The molecule has 1 aliphatic heterocycles. The lowest BCUT2D eigenvalue weighted by Gasteiger charge is -2.17. The van der Waals surface area contributed by atoms with Crippen LogP contribution in [0.1, 0.15) is 18.0 Å². The van der Waals surface area contributed by atoms with Gasteiger partial charge in [-0.15, -0.1) is 0 Å². The number of nitrogens with zero attached hydrogens (tertiary/aromatic N) is 4. The number of para-hydroxylation sites is 1. The molecule has 0 radical (unpaired) electrons. The summed E-state index contributed by atoms with van der Waals surface area (Å²) in [6.45, 7) is 1.15. The zero-order valence-corrected chi connectivity index (χ0v) is 16.4. The van der Waals surface area contributed by atoms with Gasteiger partial charge in [-0.25, -0.2) is 9.78 Å². The maximum atomic E-state index is 12.5. The summed E-state index contributed by atoms with van der Waals surface area (Å²) in [5.74, 6) is 0.646. The van der Waals surface area contributed by atoms with Crippen LogP contribution >= 0.6 is 0 Å². The van der Waals surface area contributed by atoms with Crippen molar-refractivity contribution in [3.8, 4) is 5.75 Å². The van der Waals surface area contributed by atoms with Crippen LogP contribution in [0.2, 0.25) is 0 Å². The van der Waals surface area contributed by atoms with Crippen molar-refractivity contribution in [3.05, 3.63) is 69.0 Å². The summed E-state index contributed by atoms with van der Waals surface area (Å²) in [5.41, 5.74) is 0.379. The number of carbonyl (C=O) groups is 1. The molecule has 0 spiro atoms. The summed E-state index contributed by atoms with van der Waals surface area (Å²) in [5, 5.41) is 0.403. The number of ether oxygens (including phenoxy) is 1. The maximum absolute atomic E-state index is 12.5. The Bertz CT molecular complexity index is 1180. The first-order chi connectivity index (χ1) is 14.0. The minimum absolute atomic E-state index is 0.00751. The van der Waals surface area contributed by atoms with Crippen LogP contribution in [0.15, 0.2) is 52.1 Å². The Kier molecular flexibility index (Phi) is 4.92. The average Bonchev–Trinajstić information content (AvgIpc) is 3.25. The van der Waals surface area contributed by atoms with E-state index in [1.807, 2.05) is 36.4 Å². The fraction of sp³-hybridized carbons (Fsp3) is 0.333. The number of pyridine rings is 1. The van der Waals surface area contributed by atoms with Crippen LogP contribution in [0.25, 0.3) is 11.0 Å². The van der Waals surface area contributed by atoms with Gasteiger partial charge in [0.05, 0.1) is 5.39 Å². The van der Waals surface area contributed by atoms with E-state index in [-0.39, 0.29) is 24.0 Å². The van der Waals surface area contributed by atoms with E-state index in [0.29, 0.717) is 29.9 Å². The van der Waals surface area contributed by atoms with Crippen LogP contribution in [0.5, 0.6) is 5.75 Å².